The number of hydrogen-bond donors (Lipinski definition) is 0. The van der Waals surface area contributed by atoms with Crippen LogP contribution in [0, 0.1) is 5.82 Å². The van der Waals surface area contributed by atoms with Crippen molar-refractivity contribution in [2.45, 2.75) is 25.8 Å². The molecular formula is C19H20ClFN4O2. The van der Waals surface area contributed by atoms with Crippen LogP contribution in [0.4, 0.5) is 4.39 Å². The maximum Gasteiger partial charge on any atom is 0.258 e. The number of fused-ring (bicyclic) bond motifs is 1. The molecule has 0 N–H and O–H groups in total. The van der Waals surface area contributed by atoms with Crippen molar-refractivity contribution in [3.63, 3.8) is 0 Å². The average molecular weight is 391 g/mol. The lowest BCUT2D eigenvalue weighted by Crippen LogP contribution is -2.50. The molecule has 8 heteroatoms. The van der Waals surface area contributed by atoms with E-state index < -0.39 is 11.7 Å². The van der Waals surface area contributed by atoms with Crippen LogP contribution in [-0.4, -0.2) is 57.6 Å². The third-order valence-corrected chi connectivity index (χ3v) is 5.56. The minimum atomic E-state index is -0.627. The van der Waals surface area contributed by atoms with Crippen LogP contribution >= 0.6 is 11.6 Å². The number of amides is 2. The Bertz CT molecular complexity index is 870. The van der Waals surface area contributed by atoms with Crippen molar-refractivity contribution in [1.29, 1.82) is 0 Å². The number of benzene rings is 1. The van der Waals surface area contributed by atoms with Gasteiger partial charge in [-0.25, -0.2) is 4.39 Å². The molecule has 27 heavy (non-hydrogen) atoms. The number of nitrogens with zero attached hydrogens (tertiary/aromatic N) is 4. The number of piperazine rings is 1. The van der Waals surface area contributed by atoms with Crippen LogP contribution in [0.3, 0.4) is 0 Å². The van der Waals surface area contributed by atoms with E-state index in [0.29, 0.717) is 31.7 Å². The van der Waals surface area contributed by atoms with Gasteiger partial charge in [0.2, 0.25) is 0 Å². The fraction of sp³-hybridized carbons (Fsp3) is 0.421. The smallest absolute Gasteiger partial charge is 0.258 e. The third kappa shape index (κ3) is 3.32. The quantitative estimate of drug-likeness (QED) is 0.792. The van der Waals surface area contributed by atoms with Gasteiger partial charge in [0, 0.05) is 32.7 Å². The van der Waals surface area contributed by atoms with Gasteiger partial charge in [0.25, 0.3) is 11.8 Å². The van der Waals surface area contributed by atoms with Crippen LogP contribution in [0.5, 0.6) is 0 Å². The normalized spacial score (nSPS) is 17.0. The van der Waals surface area contributed by atoms with Gasteiger partial charge in [-0.1, -0.05) is 17.7 Å². The first-order chi connectivity index (χ1) is 13.1. The van der Waals surface area contributed by atoms with Gasteiger partial charge in [0.05, 0.1) is 28.0 Å². The average Bonchev–Trinajstić information content (AvgIpc) is 3.11. The molecule has 0 unspecified atom stereocenters. The number of carbonyl (C=O) groups is 2. The predicted molar refractivity (Wildman–Crippen MR) is 98.4 cm³/mol. The van der Waals surface area contributed by atoms with Gasteiger partial charge in [0.1, 0.15) is 5.82 Å². The van der Waals surface area contributed by atoms with Crippen molar-refractivity contribution >= 4 is 23.4 Å². The first kappa shape index (κ1) is 18.0. The first-order valence-electron chi connectivity index (χ1n) is 9.13. The maximum atomic E-state index is 14.0. The maximum absolute atomic E-state index is 14.0. The van der Waals surface area contributed by atoms with E-state index in [2.05, 4.69) is 5.10 Å². The van der Waals surface area contributed by atoms with Crippen molar-refractivity contribution in [3.05, 3.63) is 52.1 Å². The molecule has 4 rings (SSSR count). The van der Waals surface area contributed by atoms with Crippen LogP contribution in [0.15, 0.2) is 24.4 Å². The van der Waals surface area contributed by atoms with Crippen LogP contribution in [0.1, 0.15) is 39.3 Å². The standard InChI is InChI=1S/C19H20ClFN4O2/c20-14-4-3-5-15(21)17(14)19(27)24-10-8-23(9-11-24)18(26)13-12-22-25-7-2-1-6-16(13)25/h3-5,12H,1-2,6-11H2. The molecule has 6 nitrogen and oxygen atoms in total. The van der Waals surface area contributed by atoms with Gasteiger partial charge in [0.15, 0.2) is 0 Å². The molecule has 2 aromatic rings. The Balaban J connectivity index is 1.44. The number of carbonyl (C=O) groups excluding carboxylic acids is 2. The molecule has 142 valence electrons. The van der Waals surface area contributed by atoms with Crippen LogP contribution in [-0.2, 0) is 13.0 Å². The molecule has 3 heterocycles. The zero-order valence-corrected chi connectivity index (χ0v) is 15.6. The van der Waals surface area contributed by atoms with Crippen LogP contribution < -0.4 is 0 Å². The van der Waals surface area contributed by atoms with E-state index in [9.17, 15) is 14.0 Å². The highest BCUT2D eigenvalue weighted by atomic mass is 35.5. The Hall–Kier alpha value is -2.41. The van der Waals surface area contributed by atoms with Gasteiger partial charge >= 0.3 is 0 Å². The molecule has 2 amide bonds. The van der Waals surface area contributed by atoms with E-state index in [4.69, 9.17) is 11.6 Å². The lowest BCUT2D eigenvalue weighted by Gasteiger charge is -2.35. The Kier molecular flexibility index (Phi) is 4.86. The molecule has 0 atom stereocenters. The lowest BCUT2D eigenvalue weighted by atomic mass is 10.1. The second kappa shape index (κ2) is 7.31. The summed E-state index contributed by atoms with van der Waals surface area (Å²) in [6.07, 6.45) is 4.67. The van der Waals surface area contributed by atoms with Crippen molar-refractivity contribution in [1.82, 2.24) is 19.6 Å². The summed E-state index contributed by atoms with van der Waals surface area (Å²) in [6, 6.07) is 4.20. The molecule has 0 radical (unpaired) electrons. The number of aryl methyl sites for hydroxylation is 1. The van der Waals surface area contributed by atoms with Crippen molar-refractivity contribution in [2.75, 3.05) is 26.2 Å². The second-order valence-electron chi connectivity index (χ2n) is 6.87. The molecule has 0 bridgehead atoms. The summed E-state index contributed by atoms with van der Waals surface area (Å²) in [4.78, 5) is 28.8. The second-order valence-corrected chi connectivity index (χ2v) is 7.27. The largest absolute Gasteiger partial charge is 0.335 e. The van der Waals surface area contributed by atoms with Crippen molar-refractivity contribution in [2.24, 2.45) is 0 Å². The Labute approximate surface area is 161 Å². The van der Waals surface area contributed by atoms with E-state index in [1.54, 1.807) is 16.0 Å². The number of halogens is 2. The molecule has 1 saturated heterocycles. The summed E-state index contributed by atoms with van der Waals surface area (Å²) < 4.78 is 15.9. The van der Waals surface area contributed by atoms with E-state index in [0.717, 1.165) is 31.5 Å². The summed E-state index contributed by atoms with van der Waals surface area (Å²) >= 11 is 6.00. The number of rotatable bonds is 2. The zero-order chi connectivity index (χ0) is 19.0. The summed E-state index contributed by atoms with van der Waals surface area (Å²) in [7, 11) is 0. The van der Waals surface area contributed by atoms with E-state index >= 15 is 0 Å². The molecule has 1 fully saturated rings. The predicted octanol–water partition coefficient (Wildman–Crippen LogP) is 2.61. The highest BCUT2D eigenvalue weighted by Gasteiger charge is 2.30. The van der Waals surface area contributed by atoms with Crippen LogP contribution in [0.2, 0.25) is 5.02 Å². The molecular weight excluding hydrogens is 371 g/mol. The lowest BCUT2D eigenvalue weighted by molar-refractivity contribution is 0.0532. The van der Waals surface area contributed by atoms with E-state index in [1.165, 1.54) is 18.2 Å². The first-order valence-corrected chi connectivity index (χ1v) is 9.51. The molecule has 2 aliphatic rings. The van der Waals surface area contributed by atoms with Crippen LogP contribution in [0.25, 0.3) is 0 Å². The minimum Gasteiger partial charge on any atom is -0.335 e. The molecule has 0 saturated carbocycles. The monoisotopic (exact) mass is 390 g/mol. The van der Waals surface area contributed by atoms with Gasteiger partial charge in [-0.15, -0.1) is 0 Å². The highest BCUT2D eigenvalue weighted by molar-refractivity contribution is 6.33. The summed E-state index contributed by atoms with van der Waals surface area (Å²) in [6.45, 7) is 2.36. The van der Waals surface area contributed by atoms with Crippen molar-refractivity contribution < 1.29 is 14.0 Å². The van der Waals surface area contributed by atoms with Gasteiger partial charge in [-0.3, -0.25) is 14.3 Å². The van der Waals surface area contributed by atoms with Gasteiger partial charge in [-0.2, -0.15) is 5.10 Å². The van der Waals surface area contributed by atoms with Crippen molar-refractivity contribution in [3.8, 4) is 0 Å². The highest BCUT2D eigenvalue weighted by Crippen LogP contribution is 2.23. The summed E-state index contributed by atoms with van der Waals surface area (Å²) in [5.41, 5.74) is 1.55. The Morgan fingerprint density at radius 2 is 1.70 bits per heavy atom. The molecule has 0 spiro atoms. The number of aromatic nitrogens is 2. The Morgan fingerprint density at radius 1 is 1.00 bits per heavy atom. The zero-order valence-electron chi connectivity index (χ0n) is 14.8. The van der Waals surface area contributed by atoms with E-state index in [1.807, 2.05) is 4.68 Å². The van der Waals surface area contributed by atoms with Gasteiger partial charge < -0.3 is 9.80 Å². The summed E-state index contributed by atoms with van der Waals surface area (Å²) in [5, 5.41) is 4.43. The van der Waals surface area contributed by atoms with Gasteiger partial charge in [-0.05, 0) is 31.4 Å². The fourth-order valence-electron chi connectivity index (χ4n) is 3.74. The number of hydrogen-bond acceptors (Lipinski definition) is 3. The minimum absolute atomic E-state index is 0.0471. The topological polar surface area (TPSA) is 58.4 Å². The molecule has 1 aromatic heterocycles. The Morgan fingerprint density at radius 3 is 2.41 bits per heavy atom. The van der Waals surface area contributed by atoms with E-state index in [-0.39, 0.29) is 16.5 Å². The molecule has 1 aromatic carbocycles. The fourth-order valence-corrected chi connectivity index (χ4v) is 3.99. The molecule has 0 aliphatic carbocycles. The third-order valence-electron chi connectivity index (χ3n) is 5.24. The molecule has 2 aliphatic heterocycles. The summed E-state index contributed by atoms with van der Waals surface area (Å²) in [5.74, 6) is -1.11. The SMILES string of the molecule is O=C(c1cnn2c1CCCC2)N1CCN(C(=O)c2c(F)cccc2Cl)CC1.